The van der Waals surface area contributed by atoms with Crippen LogP contribution in [0.25, 0.3) is 0 Å². The first kappa shape index (κ1) is 16.6. The van der Waals surface area contributed by atoms with Crippen LogP contribution in [0.1, 0.15) is 38.3 Å². The Hall–Kier alpha value is -1.78. The maximum atomic E-state index is 12.4. The molecule has 6 nitrogen and oxygen atoms in total. The molecule has 1 atom stereocenters. The normalized spacial score (nSPS) is 16.3. The number of nitriles is 1. The second-order valence-corrected chi connectivity index (χ2v) is 7.18. The molecule has 0 N–H and O–H groups in total. The summed E-state index contributed by atoms with van der Waals surface area (Å²) in [7, 11) is -3.57. The van der Waals surface area contributed by atoms with E-state index in [0.29, 0.717) is 18.8 Å². The van der Waals surface area contributed by atoms with Gasteiger partial charge in [-0.1, -0.05) is 13.8 Å². The lowest BCUT2D eigenvalue weighted by molar-refractivity contribution is -0.120. The van der Waals surface area contributed by atoms with Crippen LogP contribution in [0.3, 0.4) is 0 Å². The van der Waals surface area contributed by atoms with Crippen LogP contribution in [-0.2, 0) is 14.8 Å². The van der Waals surface area contributed by atoms with Gasteiger partial charge in [-0.05, 0) is 25.0 Å². The van der Waals surface area contributed by atoms with E-state index in [0.717, 1.165) is 12.8 Å². The van der Waals surface area contributed by atoms with Gasteiger partial charge in [0.2, 0.25) is 10.0 Å². The number of nitrogens with zero attached hydrogens (tertiary/aromatic N) is 3. The predicted octanol–water partition coefficient (Wildman–Crippen LogP) is 1.70. The van der Waals surface area contributed by atoms with Crippen molar-refractivity contribution in [3.05, 3.63) is 24.0 Å². The number of hydrogen-bond acceptors (Lipinski definition) is 5. The van der Waals surface area contributed by atoms with Crippen molar-refractivity contribution in [2.45, 2.75) is 37.5 Å². The molecule has 0 radical (unpaired) electrons. The van der Waals surface area contributed by atoms with Gasteiger partial charge in [0, 0.05) is 25.2 Å². The average molecular weight is 321 g/mol. The third-order valence-corrected chi connectivity index (χ3v) is 5.82. The third-order valence-electron chi connectivity index (χ3n) is 3.79. The van der Waals surface area contributed by atoms with E-state index in [-0.39, 0.29) is 16.6 Å². The van der Waals surface area contributed by atoms with Gasteiger partial charge in [-0.15, -0.1) is 0 Å². The van der Waals surface area contributed by atoms with E-state index in [2.05, 4.69) is 4.98 Å². The monoisotopic (exact) mass is 321 g/mol. The molecule has 0 bridgehead atoms. The first-order valence-electron chi connectivity index (χ1n) is 7.35. The van der Waals surface area contributed by atoms with Crippen molar-refractivity contribution in [3.63, 3.8) is 0 Å². The highest BCUT2D eigenvalue weighted by molar-refractivity contribution is 7.89. The molecular formula is C15H19N3O3S. The third kappa shape index (κ3) is 3.18. The zero-order valence-electron chi connectivity index (χ0n) is 12.7. The topological polar surface area (TPSA) is 91.1 Å². The minimum Gasteiger partial charge on any atom is -0.297 e. The predicted molar refractivity (Wildman–Crippen MR) is 80.4 cm³/mol. The van der Waals surface area contributed by atoms with Gasteiger partial charge >= 0.3 is 0 Å². The van der Waals surface area contributed by atoms with E-state index in [1.807, 2.05) is 6.07 Å². The number of rotatable bonds is 7. The Morgan fingerprint density at radius 3 is 2.45 bits per heavy atom. The molecule has 7 heteroatoms. The summed E-state index contributed by atoms with van der Waals surface area (Å²) in [5, 5.41) is 9.18. The molecule has 118 valence electrons. The lowest BCUT2D eigenvalue weighted by Crippen LogP contribution is -2.30. The van der Waals surface area contributed by atoms with E-state index in [4.69, 9.17) is 0 Å². The van der Waals surface area contributed by atoms with Crippen LogP contribution in [0.15, 0.2) is 23.2 Å². The number of Topliss-reactive ketones (excluding diaryl/α,β-unsaturated/α-hetero) is 1. The summed E-state index contributed by atoms with van der Waals surface area (Å²) < 4.78 is 26.0. The largest absolute Gasteiger partial charge is 0.297 e. The van der Waals surface area contributed by atoms with Crippen molar-refractivity contribution in [2.24, 2.45) is 5.92 Å². The van der Waals surface area contributed by atoms with Gasteiger partial charge in [0.05, 0.1) is 11.8 Å². The number of carbonyl (C=O) groups excluding carboxylic acids is 1. The molecule has 0 aromatic carbocycles. The van der Waals surface area contributed by atoms with E-state index in [1.165, 1.54) is 22.6 Å². The first-order valence-corrected chi connectivity index (χ1v) is 8.79. The molecule has 1 aromatic heterocycles. The molecule has 1 aliphatic carbocycles. The standard InChI is InChI=1S/C15H19N3O3S/c1-3-18(4-2)22(20,21)12-7-8-14(17-10-12)13(9-16)15(19)11-5-6-11/h7-8,10-11,13H,3-6H2,1-2H3/t13-/m0/s1. The molecule has 0 unspecified atom stereocenters. The second kappa shape index (κ2) is 6.55. The molecule has 0 spiro atoms. The minimum atomic E-state index is -3.57. The fraction of sp³-hybridized carbons (Fsp3) is 0.533. The fourth-order valence-electron chi connectivity index (χ4n) is 2.31. The summed E-state index contributed by atoms with van der Waals surface area (Å²) in [4.78, 5) is 16.2. The van der Waals surface area contributed by atoms with Gasteiger partial charge in [0.25, 0.3) is 0 Å². The van der Waals surface area contributed by atoms with Gasteiger partial charge in [-0.2, -0.15) is 9.57 Å². The summed E-state index contributed by atoms with van der Waals surface area (Å²) in [6.45, 7) is 4.29. The quantitative estimate of drug-likeness (QED) is 0.762. The molecule has 0 aliphatic heterocycles. The van der Waals surface area contributed by atoms with Gasteiger partial charge in [-0.25, -0.2) is 8.42 Å². The highest BCUT2D eigenvalue weighted by Gasteiger charge is 2.36. The molecular weight excluding hydrogens is 302 g/mol. The van der Waals surface area contributed by atoms with E-state index < -0.39 is 15.9 Å². The number of hydrogen-bond donors (Lipinski definition) is 0. The van der Waals surface area contributed by atoms with Gasteiger partial charge < -0.3 is 0 Å². The molecule has 1 fully saturated rings. The van der Waals surface area contributed by atoms with Crippen LogP contribution in [-0.4, -0.2) is 36.6 Å². The average Bonchev–Trinajstić information content (AvgIpc) is 3.34. The van der Waals surface area contributed by atoms with Crippen molar-refractivity contribution in [1.29, 1.82) is 5.26 Å². The van der Waals surface area contributed by atoms with Crippen molar-refractivity contribution in [1.82, 2.24) is 9.29 Å². The summed E-state index contributed by atoms with van der Waals surface area (Å²) in [6, 6.07) is 4.85. The summed E-state index contributed by atoms with van der Waals surface area (Å²) in [5.41, 5.74) is 0.317. The van der Waals surface area contributed by atoms with Crippen LogP contribution in [0.5, 0.6) is 0 Å². The number of carbonyl (C=O) groups is 1. The lowest BCUT2D eigenvalue weighted by atomic mass is 9.98. The Bertz CT molecular complexity index is 684. The van der Waals surface area contributed by atoms with Crippen LogP contribution in [0.2, 0.25) is 0 Å². The number of ketones is 1. The Balaban J connectivity index is 2.26. The smallest absolute Gasteiger partial charge is 0.244 e. The number of sulfonamides is 1. The maximum Gasteiger partial charge on any atom is 0.244 e. The van der Waals surface area contributed by atoms with Gasteiger partial charge in [-0.3, -0.25) is 9.78 Å². The minimum absolute atomic E-state index is 0.0365. The Morgan fingerprint density at radius 1 is 1.41 bits per heavy atom. The number of aromatic nitrogens is 1. The number of pyridine rings is 1. The zero-order valence-corrected chi connectivity index (χ0v) is 13.5. The highest BCUT2D eigenvalue weighted by atomic mass is 32.2. The molecule has 0 amide bonds. The molecule has 1 saturated carbocycles. The summed E-state index contributed by atoms with van der Waals surface area (Å²) >= 11 is 0. The Labute approximate surface area is 130 Å². The van der Waals surface area contributed by atoms with Crippen LogP contribution >= 0.6 is 0 Å². The SMILES string of the molecule is CCN(CC)S(=O)(=O)c1ccc([C@H](C#N)C(=O)C2CC2)nc1. The van der Waals surface area contributed by atoms with Crippen LogP contribution < -0.4 is 0 Å². The van der Waals surface area contributed by atoms with E-state index >= 15 is 0 Å². The maximum absolute atomic E-state index is 12.4. The molecule has 1 aromatic rings. The molecule has 2 rings (SSSR count). The molecule has 22 heavy (non-hydrogen) atoms. The highest BCUT2D eigenvalue weighted by Crippen LogP contribution is 2.35. The lowest BCUT2D eigenvalue weighted by Gasteiger charge is -2.18. The van der Waals surface area contributed by atoms with Crippen molar-refractivity contribution < 1.29 is 13.2 Å². The zero-order chi connectivity index (χ0) is 16.3. The van der Waals surface area contributed by atoms with Crippen LogP contribution in [0, 0.1) is 17.2 Å². The molecule has 1 aliphatic rings. The van der Waals surface area contributed by atoms with Gasteiger partial charge in [0.15, 0.2) is 5.78 Å². The van der Waals surface area contributed by atoms with Crippen LogP contribution in [0.4, 0.5) is 0 Å². The van der Waals surface area contributed by atoms with Crippen molar-refractivity contribution in [2.75, 3.05) is 13.1 Å². The molecule has 0 saturated heterocycles. The van der Waals surface area contributed by atoms with E-state index in [1.54, 1.807) is 13.8 Å². The second-order valence-electron chi connectivity index (χ2n) is 5.25. The van der Waals surface area contributed by atoms with Crippen molar-refractivity contribution >= 4 is 15.8 Å². The molecule has 1 heterocycles. The van der Waals surface area contributed by atoms with Gasteiger partial charge in [0.1, 0.15) is 10.8 Å². The Morgan fingerprint density at radius 2 is 2.05 bits per heavy atom. The first-order chi connectivity index (χ1) is 10.5. The Kier molecular flexibility index (Phi) is 4.94. The van der Waals surface area contributed by atoms with E-state index in [9.17, 15) is 18.5 Å². The fourth-order valence-corrected chi connectivity index (χ4v) is 3.71. The summed E-state index contributed by atoms with van der Waals surface area (Å²) in [6.07, 6.45) is 2.88. The van der Waals surface area contributed by atoms with Crippen molar-refractivity contribution in [3.8, 4) is 6.07 Å². The summed E-state index contributed by atoms with van der Waals surface area (Å²) in [5.74, 6) is -1.06.